The van der Waals surface area contributed by atoms with Crippen molar-refractivity contribution in [3.05, 3.63) is 41.3 Å². The highest BCUT2D eigenvalue weighted by atomic mass is 32.2. The summed E-state index contributed by atoms with van der Waals surface area (Å²) in [6.07, 6.45) is 1.72. The van der Waals surface area contributed by atoms with Gasteiger partial charge in [0.2, 0.25) is 0 Å². The molecule has 0 amide bonds. The molecule has 1 unspecified atom stereocenters. The first kappa shape index (κ1) is 11.1. The van der Waals surface area contributed by atoms with Crippen molar-refractivity contribution in [3.8, 4) is 0 Å². The quantitative estimate of drug-likeness (QED) is 0.801. The second-order valence-corrected chi connectivity index (χ2v) is 3.55. The number of rotatable bonds is 5. The predicted molar refractivity (Wildman–Crippen MR) is 56.7 cm³/mol. The fraction of sp³-hybridized carbons (Fsp3) is 0.200. The van der Waals surface area contributed by atoms with Crippen molar-refractivity contribution >= 4 is 17.2 Å². The van der Waals surface area contributed by atoms with Crippen LogP contribution in [0.5, 0.6) is 0 Å². The molecule has 0 aromatic heterocycles. The van der Waals surface area contributed by atoms with Crippen LogP contribution in [0.15, 0.2) is 35.7 Å². The van der Waals surface area contributed by atoms with Crippen molar-refractivity contribution in [2.45, 2.75) is 0 Å². The van der Waals surface area contributed by atoms with Crippen LogP contribution in [0.1, 0.15) is 5.56 Å². The zero-order valence-corrected chi connectivity index (χ0v) is 8.44. The van der Waals surface area contributed by atoms with Gasteiger partial charge in [-0.05, 0) is 11.6 Å². The van der Waals surface area contributed by atoms with Crippen molar-refractivity contribution in [1.29, 1.82) is 0 Å². The Balaban J connectivity index is 2.44. The minimum Gasteiger partial charge on any atom is -0.394 e. The summed E-state index contributed by atoms with van der Waals surface area (Å²) in [6.45, 7) is -0.0311. The van der Waals surface area contributed by atoms with Crippen molar-refractivity contribution in [2.24, 2.45) is 0 Å². The van der Waals surface area contributed by atoms with Crippen LogP contribution in [0.25, 0.3) is 6.08 Å². The molecule has 0 aliphatic heterocycles. The molecule has 1 N–H and O–H groups in total. The number of aliphatic hydroxyl groups is 1. The van der Waals surface area contributed by atoms with E-state index >= 15 is 0 Å². The summed E-state index contributed by atoms with van der Waals surface area (Å²) in [5, 5.41) is 9.87. The predicted octanol–water partition coefficient (Wildman–Crippen LogP) is 1.33. The molecule has 3 nitrogen and oxygen atoms in total. The van der Waals surface area contributed by atoms with Gasteiger partial charge in [-0.3, -0.25) is 4.18 Å². The van der Waals surface area contributed by atoms with Gasteiger partial charge in [0, 0.05) is 5.41 Å². The van der Waals surface area contributed by atoms with Crippen molar-refractivity contribution in [1.82, 2.24) is 0 Å². The van der Waals surface area contributed by atoms with E-state index in [2.05, 4.69) is 0 Å². The smallest absolute Gasteiger partial charge is 0.181 e. The summed E-state index contributed by atoms with van der Waals surface area (Å²) < 4.78 is 15.8. The highest BCUT2D eigenvalue weighted by Gasteiger charge is 1.92. The third-order valence-corrected chi connectivity index (χ3v) is 2.22. The Morgan fingerprint density at radius 1 is 1.36 bits per heavy atom. The van der Waals surface area contributed by atoms with E-state index in [1.807, 2.05) is 30.3 Å². The summed E-state index contributed by atoms with van der Waals surface area (Å²) in [5.41, 5.74) is 0.966. The molecule has 0 spiro atoms. The van der Waals surface area contributed by atoms with E-state index in [-0.39, 0.29) is 13.2 Å². The molecular weight excluding hydrogens is 200 g/mol. The molecule has 0 fully saturated rings. The molecule has 1 rings (SSSR count). The maximum absolute atomic E-state index is 11.1. The summed E-state index contributed by atoms with van der Waals surface area (Å²) in [5.74, 6) is 0. The van der Waals surface area contributed by atoms with E-state index in [0.29, 0.717) is 0 Å². The summed E-state index contributed by atoms with van der Waals surface area (Å²) in [4.78, 5) is 0. The maximum Gasteiger partial charge on any atom is 0.181 e. The third kappa shape index (κ3) is 4.32. The molecule has 1 atom stereocenters. The zero-order valence-electron chi connectivity index (χ0n) is 7.63. The average molecular weight is 212 g/mol. The van der Waals surface area contributed by atoms with Gasteiger partial charge >= 0.3 is 0 Å². The van der Waals surface area contributed by atoms with Crippen LogP contribution in [0, 0.1) is 0 Å². The van der Waals surface area contributed by atoms with Crippen LogP contribution >= 0.6 is 0 Å². The monoisotopic (exact) mass is 212 g/mol. The van der Waals surface area contributed by atoms with E-state index in [1.54, 1.807) is 6.08 Å². The molecule has 76 valence electrons. The molecule has 14 heavy (non-hydrogen) atoms. The van der Waals surface area contributed by atoms with Gasteiger partial charge in [-0.1, -0.05) is 30.3 Å². The molecule has 1 aromatic carbocycles. The zero-order chi connectivity index (χ0) is 10.2. The van der Waals surface area contributed by atoms with Crippen LogP contribution < -0.4 is 0 Å². The molecule has 0 aliphatic carbocycles. The van der Waals surface area contributed by atoms with Gasteiger partial charge in [0.15, 0.2) is 11.1 Å². The standard InChI is InChI=1S/C10H12O3S/c11-7-8-13-14(12)9-6-10-4-2-1-3-5-10/h1-6,9,11H,7-8H2. The highest BCUT2D eigenvalue weighted by molar-refractivity contribution is 7.83. The SMILES string of the molecule is O=S(C=Cc1ccccc1)OCCO. The Morgan fingerprint density at radius 3 is 2.71 bits per heavy atom. The van der Waals surface area contributed by atoms with E-state index in [1.165, 1.54) is 5.41 Å². The van der Waals surface area contributed by atoms with Crippen LogP contribution in [-0.4, -0.2) is 22.5 Å². The van der Waals surface area contributed by atoms with Gasteiger partial charge < -0.3 is 5.11 Å². The van der Waals surface area contributed by atoms with E-state index in [9.17, 15) is 4.21 Å². The minimum absolute atomic E-state index is 0.0890. The number of hydrogen-bond acceptors (Lipinski definition) is 3. The minimum atomic E-state index is -1.46. The molecule has 0 aliphatic rings. The first-order valence-corrected chi connectivity index (χ1v) is 5.34. The first-order valence-electron chi connectivity index (χ1n) is 4.21. The molecule has 0 heterocycles. The first-order chi connectivity index (χ1) is 6.83. The second kappa shape index (κ2) is 6.48. The molecule has 0 saturated heterocycles. The second-order valence-electron chi connectivity index (χ2n) is 2.52. The fourth-order valence-electron chi connectivity index (χ4n) is 0.857. The van der Waals surface area contributed by atoms with Crippen molar-refractivity contribution in [3.63, 3.8) is 0 Å². The van der Waals surface area contributed by atoms with Crippen LogP contribution in [0.3, 0.4) is 0 Å². The summed E-state index contributed by atoms with van der Waals surface area (Å²) >= 11 is -1.46. The Hall–Kier alpha value is -0.970. The van der Waals surface area contributed by atoms with Crippen LogP contribution in [0.4, 0.5) is 0 Å². The Kier molecular flexibility index (Phi) is 5.14. The number of benzene rings is 1. The van der Waals surface area contributed by atoms with Gasteiger partial charge in [-0.25, -0.2) is 4.21 Å². The molecular formula is C10H12O3S. The average Bonchev–Trinajstić information content (AvgIpc) is 2.25. The highest BCUT2D eigenvalue weighted by Crippen LogP contribution is 2.02. The largest absolute Gasteiger partial charge is 0.394 e. The number of hydrogen-bond donors (Lipinski definition) is 1. The van der Waals surface area contributed by atoms with Crippen molar-refractivity contribution < 1.29 is 13.5 Å². The lowest BCUT2D eigenvalue weighted by molar-refractivity contribution is 0.215. The normalized spacial score (nSPS) is 13.2. The van der Waals surface area contributed by atoms with Crippen LogP contribution in [-0.2, 0) is 15.3 Å². The van der Waals surface area contributed by atoms with Gasteiger partial charge in [-0.2, -0.15) is 0 Å². The third-order valence-electron chi connectivity index (χ3n) is 1.46. The van der Waals surface area contributed by atoms with Gasteiger partial charge in [0.25, 0.3) is 0 Å². The lowest BCUT2D eigenvalue weighted by Crippen LogP contribution is -1.99. The van der Waals surface area contributed by atoms with Gasteiger partial charge in [0.05, 0.1) is 13.2 Å². The lowest BCUT2D eigenvalue weighted by Gasteiger charge is -1.95. The van der Waals surface area contributed by atoms with Gasteiger partial charge in [-0.15, -0.1) is 0 Å². The summed E-state index contributed by atoms with van der Waals surface area (Å²) in [7, 11) is 0. The number of aliphatic hydroxyl groups excluding tert-OH is 1. The Labute approximate surface area is 85.7 Å². The maximum atomic E-state index is 11.1. The molecule has 0 radical (unpaired) electrons. The lowest BCUT2D eigenvalue weighted by atomic mass is 10.2. The molecule has 4 heteroatoms. The van der Waals surface area contributed by atoms with Crippen molar-refractivity contribution in [2.75, 3.05) is 13.2 Å². The van der Waals surface area contributed by atoms with Gasteiger partial charge in [0.1, 0.15) is 0 Å². The molecule has 0 saturated carbocycles. The summed E-state index contributed by atoms with van der Waals surface area (Å²) in [6, 6.07) is 9.52. The van der Waals surface area contributed by atoms with Crippen LogP contribution in [0.2, 0.25) is 0 Å². The van der Waals surface area contributed by atoms with E-state index < -0.39 is 11.1 Å². The van der Waals surface area contributed by atoms with E-state index in [4.69, 9.17) is 9.29 Å². The fourth-order valence-corrected chi connectivity index (χ4v) is 1.44. The van der Waals surface area contributed by atoms with E-state index in [0.717, 1.165) is 5.56 Å². The molecule has 0 bridgehead atoms. The molecule has 1 aromatic rings. The Bertz CT molecular complexity index is 308. The topological polar surface area (TPSA) is 46.5 Å². The Morgan fingerprint density at radius 2 is 2.07 bits per heavy atom.